The van der Waals surface area contributed by atoms with Crippen molar-refractivity contribution < 1.29 is 14.3 Å². The molecule has 4 heteroatoms. The fourth-order valence-electron chi connectivity index (χ4n) is 3.55. The number of amides is 1. The maximum Gasteiger partial charge on any atom is 0.309 e. The van der Waals surface area contributed by atoms with Crippen LogP contribution in [0.25, 0.3) is 0 Å². The number of carbonyl (C=O) groups is 2. The highest BCUT2D eigenvalue weighted by Crippen LogP contribution is 2.26. The van der Waals surface area contributed by atoms with Gasteiger partial charge in [-0.15, -0.1) is 5.73 Å². The van der Waals surface area contributed by atoms with Crippen molar-refractivity contribution in [1.29, 1.82) is 0 Å². The number of rotatable bonds is 12. The first-order valence-electron chi connectivity index (χ1n) is 13.5. The first kappa shape index (κ1) is 33.2. The Labute approximate surface area is 220 Å². The van der Waals surface area contributed by atoms with Gasteiger partial charge in [-0.25, -0.2) is 0 Å². The number of nitrogens with zero attached hydrogens (tertiary/aromatic N) is 1. The molecule has 0 saturated heterocycles. The molecular formula is C32H49NO3. The molecule has 0 atom stereocenters. The Balaban J connectivity index is 0.00000596. The van der Waals surface area contributed by atoms with Gasteiger partial charge < -0.3 is 9.64 Å². The minimum absolute atomic E-state index is 0.103. The molecule has 1 aliphatic carbocycles. The number of carbonyl (C=O) groups excluding carboxylic acids is 2. The summed E-state index contributed by atoms with van der Waals surface area (Å²) in [6.45, 7) is 13.0. The Morgan fingerprint density at radius 2 is 1.69 bits per heavy atom. The van der Waals surface area contributed by atoms with Crippen LogP contribution in [-0.2, 0) is 14.3 Å². The molecule has 0 aromatic heterocycles. The van der Waals surface area contributed by atoms with E-state index in [0.29, 0.717) is 6.54 Å². The van der Waals surface area contributed by atoms with E-state index < -0.39 is 0 Å². The molecule has 1 fully saturated rings. The van der Waals surface area contributed by atoms with E-state index in [4.69, 9.17) is 4.74 Å². The molecule has 0 unspecified atom stereocenters. The second kappa shape index (κ2) is 21.4. The number of allylic oxidation sites excluding steroid dienone is 8. The van der Waals surface area contributed by atoms with Crippen LogP contribution in [0.15, 0.2) is 77.3 Å². The van der Waals surface area contributed by atoms with Gasteiger partial charge in [0.1, 0.15) is 0 Å². The van der Waals surface area contributed by atoms with Crippen LogP contribution in [0.1, 0.15) is 92.9 Å². The number of hydrogen-bond acceptors (Lipinski definition) is 3. The lowest BCUT2D eigenvalue weighted by Gasteiger charge is -2.27. The van der Waals surface area contributed by atoms with Gasteiger partial charge in [-0.3, -0.25) is 9.59 Å². The van der Waals surface area contributed by atoms with Crippen LogP contribution >= 0.6 is 0 Å². The Morgan fingerprint density at radius 3 is 2.31 bits per heavy atom. The Kier molecular flexibility index (Phi) is 19.8. The highest BCUT2D eigenvalue weighted by molar-refractivity contribution is 5.80. The standard InChI is InChI=1S/C30H43NO3.C2H6/c1-6-8-10-14-27(15-13-18-29(32)34-5)22-24-31(30(33)28-16-11-9-12-17-28)23-21-26(4)20-19-25(3)7-2;1-2/h6,8,10,13,15,19-20,22,24,28H,7,9,11-12,16-18,21,23H2,1-5H3;1-2H3/b8-6-,15-13?,24-22+,25-19-,26-20+;. The van der Waals surface area contributed by atoms with E-state index in [1.54, 1.807) is 6.08 Å². The second-order valence-electron chi connectivity index (χ2n) is 8.79. The van der Waals surface area contributed by atoms with Crippen LogP contribution in [0.5, 0.6) is 0 Å². The topological polar surface area (TPSA) is 46.6 Å². The number of esters is 1. The summed E-state index contributed by atoms with van der Waals surface area (Å²) in [4.78, 5) is 26.7. The van der Waals surface area contributed by atoms with Gasteiger partial charge in [0.25, 0.3) is 0 Å². The average Bonchev–Trinajstić information content (AvgIpc) is 2.92. The quantitative estimate of drug-likeness (QED) is 0.155. The van der Waals surface area contributed by atoms with Gasteiger partial charge in [-0.2, -0.15) is 0 Å². The molecule has 1 rings (SSSR count). The van der Waals surface area contributed by atoms with Gasteiger partial charge in [0.2, 0.25) is 5.91 Å². The molecule has 36 heavy (non-hydrogen) atoms. The third-order valence-corrected chi connectivity index (χ3v) is 5.98. The highest BCUT2D eigenvalue weighted by atomic mass is 16.5. The molecule has 0 aliphatic heterocycles. The maximum absolute atomic E-state index is 13.4. The zero-order valence-electron chi connectivity index (χ0n) is 23.8. The highest BCUT2D eigenvalue weighted by Gasteiger charge is 2.24. The average molecular weight is 496 g/mol. The van der Waals surface area contributed by atoms with E-state index in [-0.39, 0.29) is 24.2 Å². The molecule has 0 heterocycles. The Morgan fingerprint density at radius 1 is 1.03 bits per heavy atom. The lowest BCUT2D eigenvalue weighted by atomic mass is 9.88. The van der Waals surface area contributed by atoms with Crippen molar-refractivity contribution in [2.24, 2.45) is 5.92 Å². The lowest BCUT2D eigenvalue weighted by molar-refractivity contribution is -0.139. The van der Waals surface area contributed by atoms with Crippen LogP contribution in [-0.4, -0.2) is 30.4 Å². The minimum Gasteiger partial charge on any atom is -0.469 e. The molecule has 1 saturated carbocycles. The fraction of sp³-hybridized carbons (Fsp3) is 0.531. The molecule has 0 N–H and O–H groups in total. The van der Waals surface area contributed by atoms with Gasteiger partial charge in [-0.05, 0) is 58.6 Å². The monoisotopic (exact) mass is 495 g/mol. The second-order valence-corrected chi connectivity index (χ2v) is 8.79. The third kappa shape index (κ3) is 15.2. The molecule has 0 radical (unpaired) electrons. The summed E-state index contributed by atoms with van der Waals surface area (Å²) in [6.07, 6.45) is 24.8. The van der Waals surface area contributed by atoms with E-state index >= 15 is 0 Å². The smallest absolute Gasteiger partial charge is 0.309 e. The number of ether oxygens (including phenoxy) is 1. The predicted molar refractivity (Wildman–Crippen MR) is 153 cm³/mol. The fourth-order valence-corrected chi connectivity index (χ4v) is 3.55. The number of methoxy groups -OCH3 is 1. The zero-order chi connectivity index (χ0) is 27.2. The predicted octanol–water partition coefficient (Wildman–Crippen LogP) is 8.40. The molecule has 1 aliphatic rings. The van der Waals surface area contributed by atoms with Crippen LogP contribution in [0, 0.1) is 5.92 Å². The molecule has 200 valence electrons. The largest absolute Gasteiger partial charge is 0.469 e. The lowest BCUT2D eigenvalue weighted by Crippen LogP contribution is -2.34. The van der Waals surface area contributed by atoms with E-state index in [2.05, 4.69) is 38.7 Å². The summed E-state index contributed by atoms with van der Waals surface area (Å²) < 4.78 is 4.70. The Hall–Kier alpha value is -2.84. The van der Waals surface area contributed by atoms with E-state index in [0.717, 1.165) is 44.1 Å². The summed E-state index contributed by atoms with van der Waals surface area (Å²) >= 11 is 0. The minimum atomic E-state index is -0.291. The molecule has 0 spiro atoms. The first-order valence-corrected chi connectivity index (χ1v) is 13.5. The van der Waals surface area contributed by atoms with Crippen molar-refractivity contribution >= 4 is 11.9 Å². The molecule has 0 aromatic carbocycles. The van der Waals surface area contributed by atoms with Crippen molar-refractivity contribution in [2.75, 3.05) is 13.7 Å². The summed E-state index contributed by atoms with van der Waals surface area (Å²) in [5, 5.41) is 0. The first-order chi connectivity index (χ1) is 17.4. The van der Waals surface area contributed by atoms with Gasteiger partial charge >= 0.3 is 5.97 Å². The Bertz CT molecular complexity index is 858. The van der Waals surface area contributed by atoms with Gasteiger partial charge in [0, 0.05) is 24.2 Å². The normalized spacial score (nSPS) is 15.0. The summed E-state index contributed by atoms with van der Waals surface area (Å²) in [7, 11) is 1.38. The summed E-state index contributed by atoms with van der Waals surface area (Å²) in [5.74, 6) is 0.0193. The van der Waals surface area contributed by atoms with Crippen molar-refractivity contribution in [3.63, 3.8) is 0 Å². The molecular weight excluding hydrogens is 446 g/mol. The van der Waals surface area contributed by atoms with Crippen LogP contribution < -0.4 is 0 Å². The van der Waals surface area contributed by atoms with Gasteiger partial charge in [0.15, 0.2) is 0 Å². The van der Waals surface area contributed by atoms with Crippen LogP contribution in [0.3, 0.4) is 0 Å². The molecule has 0 bridgehead atoms. The molecule has 0 aromatic rings. The van der Waals surface area contributed by atoms with E-state index in [9.17, 15) is 9.59 Å². The van der Waals surface area contributed by atoms with Gasteiger partial charge in [-0.1, -0.05) is 87.6 Å². The number of hydrogen-bond donors (Lipinski definition) is 0. The van der Waals surface area contributed by atoms with E-state index in [1.165, 1.54) is 24.7 Å². The molecule has 1 amide bonds. The van der Waals surface area contributed by atoms with E-state index in [1.807, 2.05) is 62.3 Å². The van der Waals surface area contributed by atoms with Crippen LogP contribution in [0.4, 0.5) is 0 Å². The van der Waals surface area contributed by atoms with Crippen molar-refractivity contribution in [2.45, 2.75) is 92.9 Å². The zero-order valence-corrected chi connectivity index (χ0v) is 23.8. The summed E-state index contributed by atoms with van der Waals surface area (Å²) in [5.41, 5.74) is 6.60. The van der Waals surface area contributed by atoms with Crippen molar-refractivity contribution in [1.82, 2.24) is 4.90 Å². The van der Waals surface area contributed by atoms with Crippen molar-refractivity contribution in [3.05, 3.63) is 77.3 Å². The van der Waals surface area contributed by atoms with Crippen LogP contribution in [0.2, 0.25) is 0 Å². The summed E-state index contributed by atoms with van der Waals surface area (Å²) in [6, 6.07) is 0. The maximum atomic E-state index is 13.4. The van der Waals surface area contributed by atoms with Crippen molar-refractivity contribution in [3.8, 4) is 0 Å². The third-order valence-electron chi connectivity index (χ3n) is 5.98. The van der Waals surface area contributed by atoms with Gasteiger partial charge in [0.05, 0.1) is 13.5 Å². The SMILES string of the molecule is C/C=C\C=C=C(C=CCC(=O)OC)/C=C/N(CC/C(C)=C/C=C(/C)CC)C(=O)C1CCCCC1.CC. The molecule has 4 nitrogen and oxygen atoms in total.